The van der Waals surface area contributed by atoms with Crippen LogP contribution in [0.1, 0.15) is 43.3 Å². The van der Waals surface area contributed by atoms with Crippen LogP contribution in [0.4, 0.5) is 0 Å². The van der Waals surface area contributed by atoms with Gasteiger partial charge >= 0.3 is 0 Å². The van der Waals surface area contributed by atoms with Gasteiger partial charge in [-0.2, -0.15) is 5.10 Å². The quantitative estimate of drug-likeness (QED) is 0.913. The fourth-order valence-corrected chi connectivity index (χ4v) is 3.77. The molecule has 1 saturated carbocycles. The summed E-state index contributed by atoms with van der Waals surface area (Å²) in [4.78, 5) is 3.97. The van der Waals surface area contributed by atoms with E-state index in [2.05, 4.69) is 20.8 Å². The Labute approximate surface area is 141 Å². The van der Waals surface area contributed by atoms with Crippen LogP contribution in [0.25, 0.3) is 0 Å². The summed E-state index contributed by atoms with van der Waals surface area (Å²) in [5, 5.41) is 14.0. The number of aromatic nitrogens is 3. The van der Waals surface area contributed by atoms with Gasteiger partial charge in [-0.15, -0.1) is 0 Å². The molecule has 3 heterocycles. The molecule has 128 valence electrons. The maximum absolute atomic E-state index is 9.52. The van der Waals surface area contributed by atoms with Crippen LogP contribution >= 0.6 is 0 Å². The van der Waals surface area contributed by atoms with Gasteiger partial charge in [0.15, 0.2) is 0 Å². The van der Waals surface area contributed by atoms with Crippen LogP contribution in [0.2, 0.25) is 0 Å². The molecular formula is C18H23N3O3. The Bertz CT molecular complexity index is 684. The van der Waals surface area contributed by atoms with E-state index < -0.39 is 0 Å². The van der Waals surface area contributed by atoms with Crippen LogP contribution < -0.4 is 4.74 Å². The molecule has 2 aromatic heterocycles. The van der Waals surface area contributed by atoms with Gasteiger partial charge in [-0.25, -0.2) is 0 Å². The standard InChI is InChI=1S/C18H23N3O3/c22-15-7-16(9-19-8-15)24-10-13-3-1-2-4-17(13)18-5-6-20-21(18)14-11-23-12-14/h5-9,13-14,17,22H,1-4,10-12H2. The van der Waals surface area contributed by atoms with Gasteiger partial charge < -0.3 is 14.6 Å². The fourth-order valence-electron chi connectivity index (χ4n) is 3.77. The van der Waals surface area contributed by atoms with Gasteiger partial charge in [-0.1, -0.05) is 12.8 Å². The zero-order valence-corrected chi connectivity index (χ0v) is 13.7. The average Bonchev–Trinajstić information content (AvgIpc) is 3.00. The molecule has 1 saturated heterocycles. The first-order chi connectivity index (χ1) is 11.8. The lowest BCUT2D eigenvalue weighted by Gasteiger charge is -2.35. The third-order valence-electron chi connectivity index (χ3n) is 5.12. The summed E-state index contributed by atoms with van der Waals surface area (Å²) in [6.45, 7) is 2.16. The summed E-state index contributed by atoms with van der Waals surface area (Å²) in [6.07, 6.45) is 9.78. The van der Waals surface area contributed by atoms with Crippen LogP contribution in [0, 0.1) is 5.92 Å². The van der Waals surface area contributed by atoms with Gasteiger partial charge in [0.1, 0.15) is 11.5 Å². The SMILES string of the molecule is Oc1cncc(OCC2CCCCC2c2ccnn2C2COC2)c1. The van der Waals surface area contributed by atoms with E-state index >= 15 is 0 Å². The average molecular weight is 329 g/mol. The highest BCUT2D eigenvalue weighted by Gasteiger charge is 2.32. The first kappa shape index (κ1) is 15.4. The molecule has 0 amide bonds. The number of hydrogen-bond donors (Lipinski definition) is 1. The monoisotopic (exact) mass is 329 g/mol. The largest absolute Gasteiger partial charge is 0.506 e. The van der Waals surface area contributed by atoms with E-state index in [9.17, 15) is 5.11 Å². The highest BCUT2D eigenvalue weighted by molar-refractivity contribution is 5.27. The topological polar surface area (TPSA) is 69.4 Å². The van der Waals surface area contributed by atoms with Crippen molar-refractivity contribution in [1.82, 2.24) is 14.8 Å². The maximum atomic E-state index is 9.52. The van der Waals surface area contributed by atoms with E-state index in [1.165, 1.54) is 31.2 Å². The van der Waals surface area contributed by atoms with Crippen LogP contribution in [0.5, 0.6) is 11.5 Å². The lowest BCUT2D eigenvalue weighted by molar-refractivity contribution is -0.0310. The lowest BCUT2D eigenvalue weighted by atomic mass is 9.77. The molecule has 2 fully saturated rings. The Morgan fingerprint density at radius 1 is 1.25 bits per heavy atom. The predicted molar refractivity (Wildman–Crippen MR) is 88.2 cm³/mol. The van der Waals surface area contributed by atoms with Crippen LogP contribution in [-0.2, 0) is 4.74 Å². The van der Waals surface area contributed by atoms with Gasteiger partial charge in [0.25, 0.3) is 0 Å². The first-order valence-corrected chi connectivity index (χ1v) is 8.69. The molecule has 0 radical (unpaired) electrons. The minimum absolute atomic E-state index is 0.135. The molecule has 2 aliphatic rings. The molecule has 6 nitrogen and oxygen atoms in total. The normalized spacial score (nSPS) is 24.5. The molecule has 24 heavy (non-hydrogen) atoms. The molecule has 1 N–H and O–H groups in total. The van der Waals surface area contributed by atoms with Crippen LogP contribution in [0.15, 0.2) is 30.7 Å². The number of hydrogen-bond acceptors (Lipinski definition) is 5. The second kappa shape index (κ2) is 6.81. The molecule has 2 aromatic rings. The van der Waals surface area contributed by atoms with Crippen molar-refractivity contribution in [2.75, 3.05) is 19.8 Å². The van der Waals surface area contributed by atoms with Gasteiger partial charge in [0, 0.05) is 29.8 Å². The summed E-state index contributed by atoms with van der Waals surface area (Å²) in [5.74, 6) is 1.68. The van der Waals surface area contributed by atoms with Crippen molar-refractivity contribution in [2.24, 2.45) is 5.92 Å². The van der Waals surface area contributed by atoms with Gasteiger partial charge in [-0.3, -0.25) is 9.67 Å². The molecule has 4 rings (SSSR count). The van der Waals surface area contributed by atoms with Crippen molar-refractivity contribution in [3.05, 3.63) is 36.4 Å². The molecular weight excluding hydrogens is 306 g/mol. The summed E-state index contributed by atoms with van der Waals surface area (Å²) in [5.41, 5.74) is 1.31. The summed E-state index contributed by atoms with van der Waals surface area (Å²) < 4.78 is 13.4. The first-order valence-electron chi connectivity index (χ1n) is 8.69. The third kappa shape index (κ3) is 3.11. The van der Waals surface area contributed by atoms with Crippen molar-refractivity contribution >= 4 is 0 Å². The predicted octanol–water partition coefficient (Wildman–Crippen LogP) is 2.91. The molecule has 0 spiro atoms. The van der Waals surface area contributed by atoms with Crippen LogP contribution in [0.3, 0.4) is 0 Å². The molecule has 1 aliphatic carbocycles. The van der Waals surface area contributed by atoms with E-state index in [1.807, 2.05) is 6.20 Å². The van der Waals surface area contributed by atoms with Crippen molar-refractivity contribution in [2.45, 2.75) is 37.6 Å². The molecule has 2 atom stereocenters. The summed E-state index contributed by atoms with van der Waals surface area (Å²) >= 11 is 0. The van der Waals surface area contributed by atoms with E-state index in [0.717, 1.165) is 19.6 Å². The Morgan fingerprint density at radius 3 is 2.92 bits per heavy atom. The van der Waals surface area contributed by atoms with Gasteiger partial charge in [0.2, 0.25) is 0 Å². The van der Waals surface area contributed by atoms with Crippen molar-refractivity contribution in [3.63, 3.8) is 0 Å². The van der Waals surface area contributed by atoms with Crippen molar-refractivity contribution < 1.29 is 14.6 Å². The van der Waals surface area contributed by atoms with Gasteiger partial charge in [-0.05, 0) is 18.9 Å². The highest BCUT2D eigenvalue weighted by Crippen LogP contribution is 2.39. The van der Waals surface area contributed by atoms with Crippen molar-refractivity contribution in [3.8, 4) is 11.5 Å². The zero-order chi connectivity index (χ0) is 16.4. The number of ether oxygens (including phenoxy) is 2. The third-order valence-corrected chi connectivity index (χ3v) is 5.12. The minimum atomic E-state index is 0.135. The number of nitrogens with zero attached hydrogens (tertiary/aromatic N) is 3. The molecule has 0 bridgehead atoms. The van der Waals surface area contributed by atoms with Gasteiger partial charge in [0.05, 0.1) is 38.3 Å². The fraction of sp³-hybridized carbons (Fsp3) is 0.556. The Morgan fingerprint density at radius 2 is 2.12 bits per heavy atom. The Balaban J connectivity index is 1.48. The van der Waals surface area contributed by atoms with E-state index in [4.69, 9.17) is 9.47 Å². The summed E-state index contributed by atoms with van der Waals surface area (Å²) in [6, 6.07) is 4.15. The summed E-state index contributed by atoms with van der Waals surface area (Å²) in [7, 11) is 0. The van der Waals surface area contributed by atoms with E-state index in [0.29, 0.717) is 30.2 Å². The number of aromatic hydroxyl groups is 1. The Kier molecular flexibility index (Phi) is 4.38. The Hall–Kier alpha value is -2.08. The minimum Gasteiger partial charge on any atom is -0.506 e. The zero-order valence-electron chi connectivity index (χ0n) is 13.7. The maximum Gasteiger partial charge on any atom is 0.141 e. The van der Waals surface area contributed by atoms with Crippen molar-refractivity contribution in [1.29, 1.82) is 0 Å². The second-order valence-electron chi connectivity index (χ2n) is 6.73. The van der Waals surface area contributed by atoms with E-state index in [-0.39, 0.29) is 5.75 Å². The number of pyridine rings is 1. The molecule has 2 unspecified atom stereocenters. The molecule has 0 aromatic carbocycles. The second-order valence-corrected chi connectivity index (χ2v) is 6.73. The smallest absolute Gasteiger partial charge is 0.141 e. The lowest BCUT2D eigenvalue weighted by Crippen LogP contribution is -2.34. The molecule has 1 aliphatic heterocycles. The highest BCUT2D eigenvalue weighted by atomic mass is 16.5. The molecule has 6 heteroatoms. The van der Waals surface area contributed by atoms with Crippen LogP contribution in [-0.4, -0.2) is 39.7 Å². The van der Waals surface area contributed by atoms with E-state index in [1.54, 1.807) is 12.3 Å². The number of rotatable bonds is 5.